The molecule has 18 heteroatoms. The van der Waals surface area contributed by atoms with Gasteiger partial charge in [0.2, 0.25) is 0 Å². The van der Waals surface area contributed by atoms with E-state index < -0.39 is 46.7 Å². The number of carbonyl (C=O) groups is 3. The van der Waals surface area contributed by atoms with Crippen LogP contribution in [0.2, 0.25) is 0 Å². The van der Waals surface area contributed by atoms with Crippen molar-refractivity contribution in [1.29, 1.82) is 0 Å². The van der Waals surface area contributed by atoms with Gasteiger partial charge in [-0.25, -0.2) is 0 Å². The van der Waals surface area contributed by atoms with Crippen LogP contribution in [0.15, 0.2) is 0 Å². The van der Waals surface area contributed by atoms with E-state index in [1.807, 2.05) is 0 Å². The van der Waals surface area contributed by atoms with Crippen molar-refractivity contribution in [2.24, 2.45) is 0 Å². The number of aliphatic carboxylic acids is 3. The molecule has 0 aliphatic heterocycles. The molecule has 0 amide bonds. The predicted molar refractivity (Wildman–Crippen MR) is 52.7 cm³/mol. The molecule has 0 aromatic carbocycles. The van der Waals surface area contributed by atoms with E-state index in [9.17, 15) is 29.7 Å². The van der Waals surface area contributed by atoms with Crippen LogP contribution in [0.5, 0.6) is 0 Å². The molecule has 13 nitrogen and oxygen atoms in total. The number of rotatable bonds is 5. The molecule has 0 fully saturated rings. The van der Waals surface area contributed by atoms with Crippen molar-refractivity contribution >= 4 is 51.4 Å². The summed E-state index contributed by atoms with van der Waals surface area (Å²) in [6.07, 6.45) is -2.72. The van der Waals surface area contributed by atoms with Crippen molar-refractivity contribution in [2.45, 2.75) is 18.4 Å². The fourth-order valence-electron chi connectivity index (χ4n) is 0.684. The first kappa shape index (κ1) is 50.1. The largest absolute Gasteiger partial charge is 2.00 e. The zero-order chi connectivity index (χ0) is 15.1. The van der Waals surface area contributed by atoms with Gasteiger partial charge in [0.05, 0.1) is 5.97 Å². The van der Waals surface area contributed by atoms with E-state index in [2.05, 4.69) is 0 Å². The number of aliphatic hydroxyl groups is 1. The quantitative estimate of drug-likeness (QED) is 0.250. The van der Waals surface area contributed by atoms with Crippen LogP contribution in [0, 0.1) is 0 Å². The Balaban J connectivity index is -0.0000000347. The number of hydrogen-bond acceptors (Lipinski definition) is 11. The molecule has 5 N–H and O–H groups in total. The minimum atomic E-state index is -5.17. The van der Waals surface area contributed by atoms with Gasteiger partial charge in [0.15, 0.2) is 0 Å². The number of hydrogen-bond donors (Lipinski definition) is 1. The average Bonchev–Trinajstić information content (AvgIpc) is 1.95. The minimum absolute atomic E-state index is 0. The first-order valence-corrected chi connectivity index (χ1v) is 5.11. The summed E-state index contributed by atoms with van der Waals surface area (Å²) in [4.78, 5) is 30.0. The van der Waals surface area contributed by atoms with E-state index in [1.165, 1.54) is 0 Å². The monoisotopic (exact) mass is 414 g/mol. The van der Waals surface area contributed by atoms with Crippen molar-refractivity contribution in [3.05, 3.63) is 0 Å². The van der Waals surface area contributed by atoms with Gasteiger partial charge >= 0.3 is 112 Å². The van der Waals surface area contributed by atoms with E-state index in [4.69, 9.17) is 22.6 Å². The van der Waals surface area contributed by atoms with Gasteiger partial charge in [-0.2, -0.15) is 0 Å². The third-order valence-corrected chi connectivity index (χ3v) is 1.25. The van der Waals surface area contributed by atoms with E-state index in [0.717, 1.165) is 0 Å². The van der Waals surface area contributed by atoms with Gasteiger partial charge in [-0.1, -0.05) is 0 Å². The third-order valence-electron chi connectivity index (χ3n) is 1.25. The molecular weight excluding hydrogens is 405 g/mol. The summed E-state index contributed by atoms with van der Waals surface area (Å²) < 4.78 is 34.1. The smallest absolute Gasteiger partial charge is 0.759 e. The number of carbonyl (C=O) groups excluding carboxylic acids is 3. The second kappa shape index (κ2) is 23.0. The Hall–Kier alpha value is 1.93. The Morgan fingerprint density at radius 2 is 1.00 bits per heavy atom. The van der Waals surface area contributed by atoms with Crippen LogP contribution in [-0.4, -0.2) is 80.1 Å². The molecule has 0 bridgehead atoms. The van der Waals surface area contributed by atoms with E-state index >= 15 is 0 Å². The summed E-state index contributed by atoms with van der Waals surface area (Å²) in [5, 5.41) is 38.9. The van der Waals surface area contributed by atoms with Gasteiger partial charge in [0.25, 0.3) is 0 Å². The van der Waals surface area contributed by atoms with Gasteiger partial charge in [-0.05, 0) is 0 Å². The Morgan fingerprint density at radius 1 is 0.833 bits per heavy atom. The zero-order valence-electron chi connectivity index (χ0n) is 13.1. The first-order chi connectivity index (χ1) is 7.78. The molecule has 0 aliphatic rings. The molecule has 0 spiro atoms. The summed E-state index contributed by atoms with van der Waals surface area (Å²) in [5.41, 5.74) is -2.97. The van der Waals surface area contributed by atoms with Crippen molar-refractivity contribution in [3.8, 4) is 0 Å². The van der Waals surface area contributed by atoms with Gasteiger partial charge in [0, 0.05) is 35.2 Å². The maximum Gasteiger partial charge on any atom is 2.00 e. The predicted octanol–water partition coefficient (Wildman–Crippen LogP) is -17.6. The molecule has 0 saturated heterocycles. The summed E-state index contributed by atoms with van der Waals surface area (Å²) >= 11 is 0. The molecule has 0 aliphatic carbocycles. The van der Waals surface area contributed by atoms with Gasteiger partial charge < -0.3 is 54.9 Å². The van der Waals surface area contributed by atoms with Gasteiger partial charge in [-0.3, -0.25) is 8.42 Å². The van der Waals surface area contributed by atoms with Crippen LogP contribution in [-0.2, 0) is 24.8 Å². The molecule has 0 rings (SSSR count). The van der Waals surface area contributed by atoms with E-state index in [1.54, 1.807) is 0 Å². The number of carboxylic acid groups (broad SMARTS) is 3. The van der Waals surface area contributed by atoms with Crippen LogP contribution in [0.1, 0.15) is 12.8 Å². The Morgan fingerprint density at radius 3 is 1.08 bits per heavy atom. The maximum absolute atomic E-state index is 10.1. The summed E-state index contributed by atoms with van der Waals surface area (Å²) in [5.74, 6) is -5.98. The van der Waals surface area contributed by atoms with Gasteiger partial charge in [0.1, 0.15) is 5.60 Å². The molecule has 0 atom stereocenters. The van der Waals surface area contributed by atoms with Crippen LogP contribution < -0.4 is 104 Å². The molecule has 122 valence electrons. The summed E-state index contributed by atoms with van der Waals surface area (Å²) in [6.45, 7) is 0. The molecule has 0 saturated carbocycles. The second-order valence-electron chi connectivity index (χ2n) is 2.82. The molecule has 0 heterocycles. The van der Waals surface area contributed by atoms with Crippen LogP contribution in [0.25, 0.3) is 0 Å². The average molecular weight is 414 g/mol. The zero-order valence-corrected chi connectivity index (χ0v) is 21.3. The fraction of sp³-hybridized carbons (Fsp3) is 0.500. The van der Waals surface area contributed by atoms with E-state index in [0.29, 0.717) is 0 Å². The first-order valence-electron chi connectivity index (χ1n) is 3.78. The second-order valence-corrected chi connectivity index (χ2v) is 3.64. The Labute approximate surface area is 218 Å². The Bertz CT molecular complexity index is 417. The summed E-state index contributed by atoms with van der Waals surface area (Å²) in [6, 6.07) is 0. The number of carboxylic acids is 3. The van der Waals surface area contributed by atoms with Crippen LogP contribution in [0.4, 0.5) is 0 Å². The standard InChI is InChI=1S/C6H8O7.Mg.3Na.H2O4S.2H2O/c7-3(8)1-6(13,5(11)12)2-4(9)10;;;;;1-5(2,3)4;;/h13H,1-2H2,(H,7,8)(H,9,10)(H,11,12);;;;;(H2,1,2,3,4);2*1H2/q;+2;3*+1;;;/p-5. The summed E-state index contributed by atoms with van der Waals surface area (Å²) in [7, 11) is -5.17. The Kier molecular flexibility index (Phi) is 48.0. The molecule has 0 aromatic rings. The third kappa shape index (κ3) is 39.1. The normalized spacial score (nSPS) is 8.29. The van der Waals surface area contributed by atoms with Gasteiger partial charge in [-0.15, -0.1) is 0 Å². The fourth-order valence-corrected chi connectivity index (χ4v) is 0.684. The molecule has 0 unspecified atom stereocenters. The molecule has 24 heavy (non-hydrogen) atoms. The SMILES string of the molecule is O.O.O=C([O-])CC(O)(CC(=O)[O-])C(=O)[O-].O=S(=O)([O-])[O-].[Mg+2].[Na+].[Na+].[Na+]. The van der Waals surface area contributed by atoms with Crippen LogP contribution in [0.3, 0.4) is 0 Å². The maximum atomic E-state index is 10.1. The van der Waals surface area contributed by atoms with E-state index in [-0.39, 0.29) is 123 Å². The topological polar surface area (TPSA) is 284 Å². The molecule has 0 radical (unpaired) electrons. The van der Waals surface area contributed by atoms with Crippen molar-refractivity contribution in [2.75, 3.05) is 0 Å². The molecular formula is C6H9MgNa3O13S. The van der Waals surface area contributed by atoms with Crippen molar-refractivity contribution in [3.63, 3.8) is 0 Å². The molecule has 0 aromatic heterocycles. The van der Waals surface area contributed by atoms with Crippen molar-refractivity contribution < 1.29 is 152 Å². The van der Waals surface area contributed by atoms with Crippen LogP contribution >= 0.6 is 0 Å². The minimum Gasteiger partial charge on any atom is -0.759 e. The van der Waals surface area contributed by atoms with Crippen molar-refractivity contribution in [1.82, 2.24) is 0 Å².